The van der Waals surface area contributed by atoms with Crippen molar-refractivity contribution in [2.24, 2.45) is 5.92 Å². The van der Waals surface area contributed by atoms with Gasteiger partial charge in [0.25, 0.3) is 0 Å². The number of hydrogen-bond donors (Lipinski definition) is 1. The van der Waals surface area contributed by atoms with Crippen LogP contribution in [0, 0.1) is 5.92 Å². The highest BCUT2D eigenvalue weighted by atomic mass is 35.5. The van der Waals surface area contributed by atoms with Crippen molar-refractivity contribution in [3.8, 4) is 5.75 Å². The Balaban J connectivity index is 1.66. The summed E-state index contributed by atoms with van der Waals surface area (Å²) in [5, 5.41) is 12.0. The van der Waals surface area contributed by atoms with E-state index in [0.29, 0.717) is 11.7 Å². The van der Waals surface area contributed by atoms with Crippen LogP contribution in [0.3, 0.4) is 0 Å². The number of fused-ring (bicyclic) bond motifs is 3. The minimum absolute atomic E-state index is 0.0470. The van der Waals surface area contributed by atoms with Gasteiger partial charge in [-0.3, -0.25) is 4.98 Å². The van der Waals surface area contributed by atoms with Gasteiger partial charge in [-0.05, 0) is 79.9 Å². The Morgan fingerprint density at radius 1 is 1.19 bits per heavy atom. The third-order valence-corrected chi connectivity index (χ3v) is 6.80. The Labute approximate surface area is 164 Å². The summed E-state index contributed by atoms with van der Waals surface area (Å²) in [6, 6.07) is 16.1. The number of hydrogen-bond acceptors (Lipinski definition) is 3. The first-order valence-corrected chi connectivity index (χ1v) is 9.97. The molecule has 0 unspecified atom stereocenters. The van der Waals surface area contributed by atoms with Crippen LogP contribution in [-0.4, -0.2) is 35.1 Å². The fraction of sp³-hybridized carbons (Fsp3) is 0.348. The van der Waals surface area contributed by atoms with Gasteiger partial charge in [-0.1, -0.05) is 23.7 Å². The van der Waals surface area contributed by atoms with E-state index in [9.17, 15) is 5.11 Å². The minimum atomic E-state index is 0.0470. The molecule has 5 rings (SSSR count). The lowest BCUT2D eigenvalue weighted by molar-refractivity contribution is 0.0987. The standard InChI is InChI=1S/C23H23ClN2O/c1-26-8-7-23(17-3-2-4-20(27)12-17)13-22-15(10-18(23)14-26)9-16-11-19(24)5-6-21(16)25-22/h2-6,9,11-12,18,27H,7-8,10,13-14H2,1H3/t18-,23-/m0/s1. The molecule has 1 aliphatic carbocycles. The summed E-state index contributed by atoms with van der Waals surface area (Å²) in [5.41, 5.74) is 4.86. The Hall–Kier alpha value is -2.10. The van der Waals surface area contributed by atoms with Gasteiger partial charge in [-0.2, -0.15) is 0 Å². The molecule has 0 radical (unpaired) electrons. The summed E-state index contributed by atoms with van der Waals surface area (Å²) in [6.07, 6.45) is 3.05. The fourth-order valence-corrected chi connectivity index (χ4v) is 5.33. The van der Waals surface area contributed by atoms with E-state index >= 15 is 0 Å². The molecule has 0 amide bonds. The molecule has 3 nitrogen and oxygen atoms in total. The normalized spacial score (nSPS) is 25.2. The minimum Gasteiger partial charge on any atom is -0.508 e. The molecule has 0 bridgehead atoms. The van der Waals surface area contributed by atoms with Crippen LogP contribution in [0.5, 0.6) is 5.75 Å². The van der Waals surface area contributed by atoms with Crippen LogP contribution in [0.25, 0.3) is 10.9 Å². The molecule has 1 saturated heterocycles. The molecule has 138 valence electrons. The number of nitrogens with zero attached hydrogens (tertiary/aromatic N) is 2. The van der Waals surface area contributed by atoms with Crippen molar-refractivity contribution in [3.63, 3.8) is 0 Å². The second kappa shape index (κ2) is 6.22. The zero-order valence-electron chi connectivity index (χ0n) is 15.5. The third-order valence-electron chi connectivity index (χ3n) is 6.57. The molecule has 1 aromatic heterocycles. The third kappa shape index (κ3) is 2.81. The number of likely N-dealkylation sites (tertiary alicyclic amines) is 1. The van der Waals surface area contributed by atoms with Crippen molar-refractivity contribution in [2.45, 2.75) is 24.7 Å². The summed E-state index contributed by atoms with van der Waals surface area (Å²) >= 11 is 6.19. The van der Waals surface area contributed by atoms with Gasteiger partial charge in [0.15, 0.2) is 0 Å². The molecule has 1 N–H and O–H groups in total. The number of rotatable bonds is 1. The topological polar surface area (TPSA) is 36.4 Å². The first-order valence-electron chi connectivity index (χ1n) is 9.60. The van der Waals surface area contributed by atoms with Gasteiger partial charge < -0.3 is 10.0 Å². The van der Waals surface area contributed by atoms with Crippen LogP contribution >= 0.6 is 11.6 Å². The second-order valence-electron chi connectivity index (χ2n) is 8.23. The Bertz CT molecular complexity index is 1030. The van der Waals surface area contributed by atoms with E-state index in [1.807, 2.05) is 30.3 Å². The quantitative estimate of drug-likeness (QED) is 0.673. The SMILES string of the molecule is CN1CC[C@@]2(c3cccc(O)c3)Cc3nc4ccc(Cl)cc4cc3C[C@H]2C1. The van der Waals surface area contributed by atoms with Gasteiger partial charge >= 0.3 is 0 Å². The van der Waals surface area contributed by atoms with Crippen molar-refractivity contribution in [3.05, 3.63) is 70.4 Å². The van der Waals surface area contributed by atoms with Crippen LogP contribution < -0.4 is 0 Å². The van der Waals surface area contributed by atoms with Gasteiger partial charge in [0.1, 0.15) is 5.75 Å². The lowest BCUT2D eigenvalue weighted by atomic mass is 9.58. The Kier molecular flexibility index (Phi) is 3.92. The number of aromatic hydroxyl groups is 1. The summed E-state index contributed by atoms with van der Waals surface area (Å²) in [7, 11) is 2.21. The zero-order chi connectivity index (χ0) is 18.6. The van der Waals surface area contributed by atoms with Gasteiger partial charge in [0.2, 0.25) is 0 Å². The zero-order valence-corrected chi connectivity index (χ0v) is 16.2. The fourth-order valence-electron chi connectivity index (χ4n) is 5.15. The Morgan fingerprint density at radius 2 is 2.07 bits per heavy atom. The highest BCUT2D eigenvalue weighted by Gasteiger charge is 2.47. The first kappa shape index (κ1) is 17.0. The van der Waals surface area contributed by atoms with E-state index < -0.39 is 0 Å². The summed E-state index contributed by atoms with van der Waals surface area (Å²) < 4.78 is 0. The maximum absolute atomic E-state index is 10.1. The molecule has 2 aliphatic rings. The number of benzene rings is 2. The first-order chi connectivity index (χ1) is 13.0. The van der Waals surface area contributed by atoms with E-state index in [2.05, 4.69) is 24.1 Å². The lowest BCUT2D eigenvalue weighted by Crippen LogP contribution is -2.53. The van der Waals surface area contributed by atoms with Crippen LogP contribution in [0.15, 0.2) is 48.5 Å². The monoisotopic (exact) mass is 378 g/mol. The molecule has 2 atom stereocenters. The van der Waals surface area contributed by atoms with Gasteiger partial charge in [0, 0.05) is 34.5 Å². The van der Waals surface area contributed by atoms with Crippen molar-refractivity contribution in [2.75, 3.05) is 20.1 Å². The molecule has 3 aromatic rings. The average Bonchev–Trinajstić information content (AvgIpc) is 2.65. The van der Waals surface area contributed by atoms with Crippen LogP contribution in [0.2, 0.25) is 5.02 Å². The molecular formula is C23H23ClN2O. The predicted molar refractivity (Wildman–Crippen MR) is 110 cm³/mol. The van der Waals surface area contributed by atoms with Crippen molar-refractivity contribution < 1.29 is 5.11 Å². The number of piperidine rings is 1. The maximum atomic E-state index is 10.1. The van der Waals surface area contributed by atoms with Crippen LogP contribution in [0.1, 0.15) is 23.2 Å². The van der Waals surface area contributed by atoms with Gasteiger partial charge in [0.05, 0.1) is 5.52 Å². The van der Waals surface area contributed by atoms with E-state index in [4.69, 9.17) is 16.6 Å². The summed E-state index contributed by atoms with van der Waals surface area (Å²) in [6.45, 7) is 2.15. The number of phenols is 1. The van der Waals surface area contributed by atoms with E-state index in [-0.39, 0.29) is 5.41 Å². The highest BCUT2D eigenvalue weighted by Crippen LogP contribution is 2.48. The van der Waals surface area contributed by atoms with E-state index in [1.54, 1.807) is 6.07 Å². The van der Waals surface area contributed by atoms with Crippen molar-refractivity contribution >= 4 is 22.5 Å². The largest absolute Gasteiger partial charge is 0.508 e. The average molecular weight is 379 g/mol. The number of halogens is 1. The lowest BCUT2D eigenvalue weighted by Gasteiger charge is -2.50. The number of aromatic nitrogens is 1. The van der Waals surface area contributed by atoms with Gasteiger partial charge in [-0.25, -0.2) is 0 Å². The molecule has 0 spiro atoms. The second-order valence-corrected chi connectivity index (χ2v) is 8.66. The van der Waals surface area contributed by atoms with E-state index in [0.717, 1.165) is 48.3 Å². The van der Waals surface area contributed by atoms with Crippen molar-refractivity contribution in [1.82, 2.24) is 9.88 Å². The molecule has 1 aliphatic heterocycles. The molecule has 27 heavy (non-hydrogen) atoms. The molecular weight excluding hydrogens is 356 g/mol. The van der Waals surface area contributed by atoms with Crippen molar-refractivity contribution in [1.29, 1.82) is 0 Å². The molecule has 2 heterocycles. The maximum Gasteiger partial charge on any atom is 0.115 e. The van der Waals surface area contributed by atoms with Crippen LogP contribution in [-0.2, 0) is 18.3 Å². The predicted octanol–water partition coefficient (Wildman–Crippen LogP) is 4.58. The molecule has 1 fully saturated rings. The molecule has 2 aromatic carbocycles. The van der Waals surface area contributed by atoms with E-state index in [1.165, 1.54) is 16.8 Å². The highest BCUT2D eigenvalue weighted by molar-refractivity contribution is 6.31. The smallest absolute Gasteiger partial charge is 0.115 e. The van der Waals surface area contributed by atoms with Crippen LogP contribution in [0.4, 0.5) is 0 Å². The molecule has 0 saturated carbocycles. The van der Waals surface area contributed by atoms with Gasteiger partial charge in [-0.15, -0.1) is 0 Å². The number of phenolic OH excluding ortho intramolecular Hbond substituents is 1. The Morgan fingerprint density at radius 3 is 2.93 bits per heavy atom. The number of pyridine rings is 1. The summed E-state index contributed by atoms with van der Waals surface area (Å²) in [5.74, 6) is 0.871. The molecule has 4 heteroatoms. The summed E-state index contributed by atoms with van der Waals surface area (Å²) in [4.78, 5) is 7.46.